The number of rotatable bonds is 17. The summed E-state index contributed by atoms with van der Waals surface area (Å²) < 4.78 is 0. The smallest absolute Gasteiger partial charge is 0.550 e. The molecule has 0 heterocycles. The van der Waals surface area contributed by atoms with Gasteiger partial charge in [0, 0.05) is 23.9 Å². The Balaban J connectivity index is 0.00000784. The van der Waals surface area contributed by atoms with Crippen molar-refractivity contribution in [2.75, 3.05) is 0 Å². The number of unbranched alkanes of at least 4 members (excludes halogenated alkanes) is 9. The number of carboxylic acids is 1. The molecule has 1 unspecified atom stereocenters. The van der Waals surface area contributed by atoms with Crippen LogP contribution < -0.4 is 34.7 Å². The molecule has 0 bridgehead atoms. The third-order valence-corrected chi connectivity index (χ3v) is 5.50. The molecule has 0 aliphatic rings. The first kappa shape index (κ1) is 28.4. The van der Waals surface area contributed by atoms with Gasteiger partial charge in [-0.1, -0.05) is 102 Å². The molecule has 0 saturated carbocycles. The molecule has 0 amide bonds. The van der Waals surface area contributed by atoms with E-state index in [0.29, 0.717) is 19.3 Å². The fourth-order valence-corrected chi connectivity index (χ4v) is 3.62. The molecule has 0 fully saturated rings. The van der Waals surface area contributed by atoms with E-state index in [-0.39, 0.29) is 35.3 Å². The number of aliphatic carboxylic acids is 1. The number of ketones is 1. The summed E-state index contributed by atoms with van der Waals surface area (Å²) >= 11 is 0. The van der Waals surface area contributed by atoms with E-state index in [1.807, 2.05) is 24.3 Å². The average Bonchev–Trinajstić information content (AvgIpc) is 2.69. The molecular formula is C25H39NaO3. The van der Waals surface area contributed by atoms with Crippen LogP contribution in [0, 0.1) is 5.92 Å². The van der Waals surface area contributed by atoms with Gasteiger partial charge in [0.05, 0.1) is 0 Å². The van der Waals surface area contributed by atoms with Crippen LogP contribution in [0.5, 0.6) is 0 Å². The molecule has 0 spiro atoms. The number of carboxylic acid groups (broad SMARTS) is 1. The van der Waals surface area contributed by atoms with Gasteiger partial charge in [-0.3, -0.25) is 4.79 Å². The minimum atomic E-state index is -0.958. The Morgan fingerprint density at radius 1 is 0.793 bits per heavy atom. The predicted octanol–water partition coefficient (Wildman–Crippen LogP) is 2.89. The second-order valence-electron chi connectivity index (χ2n) is 8.06. The van der Waals surface area contributed by atoms with Crippen LogP contribution in [0.1, 0.15) is 113 Å². The van der Waals surface area contributed by atoms with Crippen LogP contribution in [-0.2, 0) is 11.2 Å². The summed E-state index contributed by atoms with van der Waals surface area (Å²) in [5, 5.41) is 11.5. The van der Waals surface area contributed by atoms with Gasteiger partial charge in [0.2, 0.25) is 0 Å². The minimum absolute atomic E-state index is 0. The molecule has 29 heavy (non-hydrogen) atoms. The van der Waals surface area contributed by atoms with E-state index in [1.54, 1.807) is 0 Å². The number of hydrogen-bond acceptors (Lipinski definition) is 3. The summed E-state index contributed by atoms with van der Waals surface area (Å²) in [6.07, 6.45) is 14.4. The van der Waals surface area contributed by atoms with Gasteiger partial charge in [0.1, 0.15) is 0 Å². The SMILES string of the molecule is CCCCCCCCC(Cc1ccc(C(=O)CCCCCCC)cc1)C(=O)[O-].[Na+]. The molecule has 0 aliphatic carbocycles. The van der Waals surface area contributed by atoms with Crippen molar-refractivity contribution in [2.24, 2.45) is 5.92 Å². The van der Waals surface area contributed by atoms with Crippen molar-refractivity contribution in [3.05, 3.63) is 35.4 Å². The first-order valence-electron chi connectivity index (χ1n) is 11.4. The number of Topliss-reactive ketones (excluding diaryl/α,β-unsaturated/α-hetero) is 1. The molecule has 0 aromatic heterocycles. The third kappa shape index (κ3) is 13.3. The number of hydrogen-bond donors (Lipinski definition) is 0. The Kier molecular flexibility index (Phi) is 17.8. The Hall–Kier alpha value is -0.640. The second-order valence-corrected chi connectivity index (χ2v) is 8.06. The standard InChI is InChI=1S/C25H40O3.Na/c1-3-5-7-9-11-12-14-23(25(27)28)20-21-16-18-22(19-17-21)24(26)15-13-10-8-6-4-2;/h16-19,23H,3-15,20H2,1-2H3,(H,27,28);/q;+1/p-1. The van der Waals surface area contributed by atoms with Crippen molar-refractivity contribution in [3.8, 4) is 0 Å². The topological polar surface area (TPSA) is 57.2 Å². The van der Waals surface area contributed by atoms with Crippen molar-refractivity contribution < 1.29 is 44.3 Å². The number of benzene rings is 1. The van der Waals surface area contributed by atoms with Crippen LogP contribution in [0.4, 0.5) is 0 Å². The van der Waals surface area contributed by atoms with E-state index in [4.69, 9.17) is 0 Å². The van der Waals surface area contributed by atoms with Crippen LogP contribution in [0.15, 0.2) is 24.3 Å². The zero-order valence-electron chi connectivity index (χ0n) is 19.0. The monoisotopic (exact) mass is 410 g/mol. The molecular weight excluding hydrogens is 371 g/mol. The maximum absolute atomic E-state index is 12.3. The summed E-state index contributed by atoms with van der Waals surface area (Å²) in [6.45, 7) is 4.38. The summed E-state index contributed by atoms with van der Waals surface area (Å²) in [5.74, 6) is -1.21. The third-order valence-electron chi connectivity index (χ3n) is 5.50. The van der Waals surface area contributed by atoms with Crippen molar-refractivity contribution in [1.82, 2.24) is 0 Å². The minimum Gasteiger partial charge on any atom is -0.550 e. The van der Waals surface area contributed by atoms with Crippen molar-refractivity contribution in [3.63, 3.8) is 0 Å². The zero-order chi connectivity index (χ0) is 20.6. The van der Waals surface area contributed by atoms with E-state index in [0.717, 1.165) is 36.8 Å². The second kappa shape index (κ2) is 18.2. The van der Waals surface area contributed by atoms with Gasteiger partial charge < -0.3 is 9.90 Å². The summed E-state index contributed by atoms with van der Waals surface area (Å²) in [5.41, 5.74) is 1.71. The van der Waals surface area contributed by atoms with Gasteiger partial charge in [-0.15, -0.1) is 0 Å². The Labute approximate surface area is 200 Å². The van der Waals surface area contributed by atoms with Crippen molar-refractivity contribution >= 4 is 11.8 Å². The predicted molar refractivity (Wildman–Crippen MR) is 114 cm³/mol. The van der Waals surface area contributed by atoms with Gasteiger partial charge in [-0.05, 0) is 24.8 Å². The molecule has 0 radical (unpaired) electrons. The van der Waals surface area contributed by atoms with Gasteiger partial charge in [-0.25, -0.2) is 0 Å². The van der Waals surface area contributed by atoms with E-state index >= 15 is 0 Å². The molecule has 1 aromatic carbocycles. The molecule has 1 atom stereocenters. The largest absolute Gasteiger partial charge is 1.00 e. The van der Waals surface area contributed by atoms with E-state index in [9.17, 15) is 14.7 Å². The fraction of sp³-hybridized carbons (Fsp3) is 0.680. The molecule has 1 aromatic rings. The quantitative estimate of drug-likeness (QED) is 0.225. The average molecular weight is 411 g/mol. The first-order valence-corrected chi connectivity index (χ1v) is 11.4. The number of carbonyl (C=O) groups is 2. The van der Waals surface area contributed by atoms with E-state index in [2.05, 4.69) is 13.8 Å². The molecule has 1 rings (SSSR count). The molecule has 158 valence electrons. The van der Waals surface area contributed by atoms with Gasteiger partial charge in [0.25, 0.3) is 0 Å². The van der Waals surface area contributed by atoms with Gasteiger partial charge in [-0.2, -0.15) is 0 Å². The zero-order valence-corrected chi connectivity index (χ0v) is 21.0. The molecule has 3 nitrogen and oxygen atoms in total. The summed E-state index contributed by atoms with van der Waals surface area (Å²) in [6, 6.07) is 7.50. The van der Waals surface area contributed by atoms with Crippen LogP contribution in [-0.4, -0.2) is 11.8 Å². The fourth-order valence-electron chi connectivity index (χ4n) is 3.62. The van der Waals surface area contributed by atoms with E-state index < -0.39 is 11.9 Å². The first-order chi connectivity index (χ1) is 13.6. The Morgan fingerprint density at radius 2 is 1.31 bits per heavy atom. The molecule has 0 N–H and O–H groups in total. The van der Waals surface area contributed by atoms with Gasteiger partial charge >= 0.3 is 29.6 Å². The summed E-state index contributed by atoms with van der Waals surface area (Å²) in [4.78, 5) is 23.7. The van der Waals surface area contributed by atoms with Crippen molar-refractivity contribution in [2.45, 2.75) is 104 Å². The van der Waals surface area contributed by atoms with Crippen molar-refractivity contribution in [1.29, 1.82) is 0 Å². The Bertz CT molecular complexity index is 554. The van der Waals surface area contributed by atoms with Crippen LogP contribution >= 0.6 is 0 Å². The normalized spacial score (nSPS) is 11.7. The Morgan fingerprint density at radius 3 is 1.86 bits per heavy atom. The molecule has 4 heteroatoms. The van der Waals surface area contributed by atoms with Crippen LogP contribution in [0.3, 0.4) is 0 Å². The maximum Gasteiger partial charge on any atom is 1.00 e. The van der Waals surface area contributed by atoms with E-state index in [1.165, 1.54) is 44.9 Å². The van der Waals surface area contributed by atoms with Crippen LogP contribution in [0.25, 0.3) is 0 Å². The van der Waals surface area contributed by atoms with Crippen LogP contribution in [0.2, 0.25) is 0 Å². The maximum atomic E-state index is 12.3. The number of carbonyl (C=O) groups excluding carboxylic acids is 2. The molecule has 0 aliphatic heterocycles. The summed E-state index contributed by atoms with van der Waals surface area (Å²) in [7, 11) is 0. The van der Waals surface area contributed by atoms with Gasteiger partial charge in [0.15, 0.2) is 5.78 Å². The molecule has 0 saturated heterocycles.